The van der Waals surface area contributed by atoms with Gasteiger partial charge in [-0.3, -0.25) is 0 Å². The van der Waals surface area contributed by atoms with Gasteiger partial charge in [-0.25, -0.2) is 0 Å². The van der Waals surface area contributed by atoms with Gasteiger partial charge < -0.3 is 20.5 Å². The van der Waals surface area contributed by atoms with Crippen molar-refractivity contribution in [3.8, 4) is 11.5 Å². The van der Waals surface area contributed by atoms with Gasteiger partial charge in [-0.15, -0.1) is 0 Å². The van der Waals surface area contributed by atoms with Gasteiger partial charge in [-0.1, -0.05) is 26.2 Å². The third-order valence-electron chi connectivity index (χ3n) is 4.43. The third-order valence-corrected chi connectivity index (χ3v) is 4.43. The van der Waals surface area contributed by atoms with Crippen molar-refractivity contribution in [2.45, 2.75) is 45.1 Å². The number of hydrogen-bond donors (Lipinski definition) is 2. The molecule has 1 aliphatic heterocycles. The maximum absolute atomic E-state index is 6.13. The summed E-state index contributed by atoms with van der Waals surface area (Å²) >= 11 is 0. The molecule has 2 unspecified atom stereocenters. The Hall–Kier alpha value is -1.58. The van der Waals surface area contributed by atoms with Crippen LogP contribution in [0.1, 0.15) is 39.0 Å². The molecule has 0 radical (unpaired) electrons. The van der Waals surface area contributed by atoms with Gasteiger partial charge in [0.05, 0.1) is 11.4 Å². The van der Waals surface area contributed by atoms with E-state index in [0.717, 1.165) is 28.8 Å². The fourth-order valence-corrected chi connectivity index (χ4v) is 3.24. The lowest BCUT2D eigenvalue weighted by Crippen LogP contribution is -2.27. The van der Waals surface area contributed by atoms with Gasteiger partial charge >= 0.3 is 0 Å². The van der Waals surface area contributed by atoms with Crippen molar-refractivity contribution in [1.82, 2.24) is 0 Å². The SMILES string of the molecule is CCC1CCCC(Nc2cc3c(cc2N)OCCO3)C1. The lowest BCUT2D eigenvalue weighted by molar-refractivity contribution is 0.172. The maximum atomic E-state index is 6.13. The highest BCUT2D eigenvalue weighted by Gasteiger charge is 2.22. The second-order valence-corrected chi connectivity index (χ2v) is 5.87. The Bertz CT molecular complexity index is 476. The molecule has 2 atom stereocenters. The van der Waals surface area contributed by atoms with E-state index in [1.54, 1.807) is 0 Å². The fraction of sp³-hybridized carbons (Fsp3) is 0.625. The molecule has 1 aromatic carbocycles. The first-order chi connectivity index (χ1) is 9.76. The number of nitrogen functional groups attached to an aromatic ring is 1. The molecule has 0 spiro atoms. The van der Waals surface area contributed by atoms with Crippen LogP contribution in [0.2, 0.25) is 0 Å². The molecular formula is C16H24N2O2. The molecule has 0 aromatic heterocycles. The van der Waals surface area contributed by atoms with Gasteiger partial charge in [0.2, 0.25) is 0 Å². The Labute approximate surface area is 120 Å². The highest BCUT2D eigenvalue weighted by molar-refractivity contribution is 5.72. The Balaban J connectivity index is 1.73. The summed E-state index contributed by atoms with van der Waals surface area (Å²) in [5.41, 5.74) is 7.86. The minimum atomic E-state index is 0.526. The van der Waals surface area contributed by atoms with Crippen LogP contribution in [0.25, 0.3) is 0 Å². The highest BCUT2D eigenvalue weighted by atomic mass is 16.6. The van der Waals surface area contributed by atoms with Gasteiger partial charge in [0.25, 0.3) is 0 Å². The molecule has 1 saturated carbocycles. The molecule has 3 N–H and O–H groups in total. The van der Waals surface area contributed by atoms with Crippen LogP contribution >= 0.6 is 0 Å². The van der Waals surface area contributed by atoms with E-state index >= 15 is 0 Å². The number of fused-ring (bicyclic) bond motifs is 1. The van der Waals surface area contributed by atoms with Crippen LogP contribution in [0.5, 0.6) is 11.5 Å². The van der Waals surface area contributed by atoms with Gasteiger partial charge in [0.15, 0.2) is 11.5 Å². The monoisotopic (exact) mass is 276 g/mol. The zero-order valence-corrected chi connectivity index (χ0v) is 12.2. The van der Waals surface area contributed by atoms with Gasteiger partial charge in [0.1, 0.15) is 13.2 Å². The van der Waals surface area contributed by atoms with Crippen LogP contribution in [0.3, 0.4) is 0 Å². The van der Waals surface area contributed by atoms with Crippen molar-refractivity contribution >= 4 is 11.4 Å². The first-order valence-corrected chi connectivity index (χ1v) is 7.72. The number of hydrogen-bond acceptors (Lipinski definition) is 4. The summed E-state index contributed by atoms with van der Waals surface area (Å²) in [7, 11) is 0. The predicted molar refractivity (Wildman–Crippen MR) is 81.5 cm³/mol. The van der Waals surface area contributed by atoms with Crippen molar-refractivity contribution in [3.05, 3.63) is 12.1 Å². The predicted octanol–water partition coefficient (Wildman–Crippen LogP) is 3.42. The zero-order chi connectivity index (χ0) is 13.9. The first kappa shape index (κ1) is 13.4. The molecule has 0 saturated heterocycles. The average Bonchev–Trinajstić information content (AvgIpc) is 2.48. The van der Waals surface area contributed by atoms with E-state index in [9.17, 15) is 0 Å². The molecule has 1 heterocycles. The minimum absolute atomic E-state index is 0.526. The standard InChI is InChI=1S/C16H24N2O2/c1-2-11-4-3-5-12(8-11)18-14-10-16-15(9-13(14)17)19-6-7-20-16/h9-12,18H,2-8,17H2,1H3. The molecule has 4 nitrogen and oxygen atoms in total. The zero-order valence-electron chi connectivity index (χ0n) is 12.2. The molecular weight excluding hydrogens is 252 g/mol. The molecule has 110 valence electrons. The number of anilines is 2. The van der Waals surface area contributed by atoms with Crippen molar-refractivity contribution < 1.29 is 9.47 Å². The van der Waals surface area contributed by atoms with Gasteiger partial charge in [-0.05, 0) is 18.8 Å². The van der Waals surface area contributed by atoms with Gasteiger partial charge in [-0.2, -0.15) is 0 Å². The number of nitrogens with two attached hydrogens (primary N) is 1. The largest absolute Gasteiger partial charge is 0.486 e. The van der Waals surface area contributed by atoms with E-state index in [-0.39, 0.29) is 0 Å². The highest BCUT2D eigenvalue weighted by Crippen LogP contribution is 2.38. The Kier molecular flexibility index (Phi) is 3.90. The summed E-state index contributed by atoms with van der Waals surface area (Å²) in [6, 6.07) is 4.38. The Morgan fingerprint density at radius 3 is 2.70 bits per heavy atom. The van der Waals surface area contributed by atoms with Crippen LogP contribution in [-0.4, -0.2) is 19.3 Å². The van der Waals surface area contributed by atoms with E-state index in [1.807, 2.05) is 12.1 Å². The third kappa shape index (κ3) is 2.79. The molecule has 1 aliphatic carbocycles. The van der Waals surface area contributed by atoms with Crippen molar-refractivity contribution in [2.24, 2.45) is 5.92 Å². The quantitative estimate of drug-likeness (QED) is 0.831. The second kappa shape index (κ2) is 5.81. The lowest BCUT2D eigenvalue weighted by atomic mass is 9.84. The molecule has 0 bridgehead atoms. The Morgan fingerprint density at radius 1 is 1.20 bits per heavy atom. The van der Waals surface area contributed by atoms with E-state index in [2.05, 4.69) is 12.2 Å². The molecule has 1 aromatic rings. The van der Waals surface area contributed by atoms with E-state index in [4.69, 9.17) is 15.2 Å². The summed E-state index contributed by atoms with van der Waals surface area (Å²) in [4.78, 5) is 0. The van der Waals surface area contributed by atoms with Crippen LogP contribution < -0.4 is 20.5 Å². The van der Waals surface area contributed by atoms with Crippen molar-refractivity contribution in [2.75, 3.05) is 24.3 Å². The number of ether oxygens (including phenoxy) is 2. The average molecular weight is 276 g/mol. The number of benzene rings is 1. The lowest BCUT2D eigenvalue weighted by Gasteiger charge is -2.30. The summed E-state index contributed by atoms with van der Waals surface area (Å²) < 4.78 is 11.2. The van der Waals surface area contributed by atoms with Crippen molar-refractivity contribution in [3.63, 3.8) is 0 Å². The van der Waals surface area contributed by atoms with Crippen LogP contribution in [0.15, 0.2) is 12.1 Å². The summed E-state index contributed by atoms with van der Waals surface area (Å²) in [5, 5.41) is 3.60. The molecule has 3 rings (SSSR count). The van der Waals surface area contributed by atoms with Crippen LogP contribution in [-0.2, 0) is 0 Å². The first-order valence-electron chi connectivity index (χ1n) is 7.72. The fourth-order valence-electron chi connectivity index (χ4n) is 3.24. The van der Waals surface area contributed by atoms with E-state index < -0.39 is 0 Å². The normalized spacial score (nSPS) is 25.2. The smallest absolute Gasteiger partial charge is 0.163 e. The second-order valence-electron chi connectivity index (χ2n) is 5.87. The molecule has 0 amide bonds. The summed E-state index contributed by atoms with van der Waals surface area (Å²) in [6.45, 7) is 3.49. The van der Waals surface area contributed by atoms with Crippen molar-refractivity contribution in [1.29, 1.82) is 0 Å². The maximum Gasteiger partial charge on any atom is 0.163 e. The summed E-state index contributed by atoms with van der Waals surface area (Å²) in [6.07, 6.45) is 6.41. The van der Waals surface area contributed by atoms with E-state index in [0.29, 0.717) is 19.3 Å². The topological polar surface area (TPSA) is 56.5 Å². The van der Waals surface area contributed by atoms with Gasteiger partial charge in [0, 0.05) is 18.2 Å². The van der Waals surface area contributed by atoms with Crippen LogP contribution in [0, 0.1) is 5.92 Å². The molecule has 1 fully saturated rings. The Morgan fingerprint density at radius 2 is 1.95 bits per heavy atom. The molecule has 20 heavy (non-hydrogen) atoms. The van der Waals surface area contributed by atoms with Crippen LogP contribution in [0.4, 0.5) is 11.4 Å². The number of nitrogens with one attached hydrogen (secondary N) is 1. The number of rotatable bonds is 3. The summed E-state index contributed by atoms with van der Waals surface area (Å²) in [5.74, 6) is 2.41. The molecule has 2 aliphatic rings. The van der Waals surface area contributed by atoms with E-state index in [1.165, 1.54) is 32.1 Å². The molecule has 4 heteroatoms. The minimum Gasteiger partial charge on any atom is -0.486 e.